The number of aryl methyl sites for hydroxylation is 2. The van der Waals surface area contributed by atoms with Gasteiger partial charge >= 0.3 is 0 Å². The molecule has 1 saturated heterocycles. The molecule has 3 N–H and O–H groups in total. The number of nitrogens with zero attached hydrogens (tertiary/aromatic N) is 3. The van der Waals surface area contributed by atoms with E-state index in [4.69, 9.17) is 0 Å². The van der Waals surface area contributed by atoms with Crippen LogP contribution in [0.1, 0.15) is 41.9 Å². The fraction of sp³-hybridized carbons (Fsp3) is 0.348. The second kappa shape index (κ2) is 9.82. The molecule has 4 rings (SSSR count). The first kappa shape index (κ1) is 23.7. The van der Waals surface area contributed by atoms with Gasteiger partial charge in [0.1, 0.15) is 11.6 Å². The summed E-state index contributed by atoms with van der Waals surface area (Å²) < 4.78 is 29.3. The number of benzene rings is 2. The van der Waals surface area contributed by atoms with Gasteiger partial charge in [-0.1, -0.05) is 18.6 Å². The fourth-order valence-corrected chi connectivity index (χ4v) is 5.55. The molecule has 34 heavy (non-hydrogen) atoms. The van der Waals surface area contributed by atoms with E-state index in [-0.39, 0.29) is 29.1 Å². The standard InChI is InChI=1S/C23H27N5O5S/c1-27-19-10-9-16(34(32,33)28-13-5-2-6-14-28)15-18(19)24-21(27)11-12-22(30)25-26-23(31)17-7-3-4-8-20(17)29/h3-4,7-10,15,29H,2,5-6,11-14H2,1H3,(H,25,30)(H,26,31). The van der Waals surface area contributed by atoms with Crippen molar-refractivity contribution in [3.63, 3.8) is 0 Å². The van der Waals surface area contributed by atoms with Crippen molar-refractivity contribution in [3.05, 3.63) is 53.9 Å². The molecule has 2 heterocycles. The molecule has 3 aromatic rings. The Morgan fingerprint density at radius 1 is 1.06 bits per heavy atom. The summed E-state index contributed by atoms with van der Waals surface area (Å²) in [6, 6.07) is 10.9. The highest BCUT2D eigenvalue weighted by molar-refractivity contribution is 7.89. The van der Waals surface area contributed by atoms with E-state index in [1.54, 1.807) is 37.4 Å². The van der Waals surface area contributed by atoms with E-state index in [1.165, 1.54) is 16.4 Å². The molecule has 180 valence electrons. The number of sulfonamides is 1. The SMILES string of the molecule is Cn1c(CCC(=O)NNC(=O)c2ccccc2O)nc2cc(S(=O)(=O)N3CCCCC3)ccc21. The number of hydrazine groups is 1. The van der Waals surface area contributed by atoms with Crippen LogP contribution in [0.3, 0.4) is 0 Å². The maximum atomic E-state index is 13.0. The van der Waals surface area contributed by atoms with Gasteiger partial charge < -0.3 is 9.67 Å². The molecule has 0 atom stereocenters. The highest BCUT2D eigenvalue weighted by Gasteiger charge is 2.26. The van der Waals surface area contributed by atoms with Crippen LogP contribution in [-0.4, -0.2) is 52.3 Å². The number of imidazole rings is 1. The summed E-state index contributed by atoms with van der Waals surface area (Å²) in [7, 11) is -1.76. The summed E-state index contributed by atoms with van der Waals surface area (Å²) in [6.45, 7) is 1.06. The number of amides is 2. The van der Waals surface area contributed by atoms with Crippen molar-refractivity contribution in [2.45, 2.75) is 37.0 Å². The van der Waals surface area contributed by atoms with Gasteiger partial charge in [-0.2, -0.15) is 4.31 Å². The number of fused-ring (bicyclic) bond motifs is 1. The number of nitrogens with one attached hydrogen (secondary N) is 2. The molecule has 2 amide bonds. The van der Waals surface area contributed by atoms with Gasteiger partial charge in [-0.05, 0) is 43.2 Å². The van der Waals surface area contributed by atoms with Crippen LogP contribution in [-0.2, 0) is 28.3 Å². The number of carbonyl (C=O) groups excluding carboxylic acids is 2. The number of phenols is 1. The third-order valence-corrected chi connectivity index (χ3v) is 7.83. The van der Waals surface area contributed by atoms with Crippen molar-refractivity contribution in [1.29, 1.82) is 0 Å². The summed E-state index contributed by atoms with van der Waals surface area (Å²) in [5, 5.41) is 9.72. The molecule has 1 aliphatic heterocycles. The quantitative estimate of drug-likeness (QED) is 0.456. The van der Waals surface area contributed by atoms with Crippen LogP contribution in [0.4, 0.5) is 0 Å². The zero-order valence-corrected chi connectivity index (χ0v) is 19.6. The van der Waals surface area contributed by atoms with E-state index in [9.17, 15) is 23.1 Å². The van der Waals surface area contributed by atoms with Crippen molar-refractivity contribution in [2.75, 3.05) is 13.1 Å². The minimum absolute atomic E-state index is 0.0495. The Kier molecular flexibility index (Phi) is 6.85. The lowest BCUT2D eigenvalue weighted by Crippen LogP contribution is -2.41. The maximum Gasteiger partial charge on any atom is 0.273 e. The number of rotatable bonds is 6. The first-order valence-corrected chi connectivity index (χ1v) is 12.5. The second-order valence-electron chi connectivity index (χ2n) is 8.22. The molecule has 1 fully saturated rings. The first-order chi connectivity index (χ1) is 16.3. The summed E-state index contributed by atoms with van der Waals surface area (Å²) in [5.41, 5.74) is 5.96. The highest BCUT2D eigenvalue weighted by Crippen LogP contribution is 2.25. The molecular weight excluding hydrogens is 458 g/mol. The molecule has 1 aromatic heterocycles. The van der Waals surface area contributed by atoms with Crippen molar-refractivity contribution in [2.24, 2.45) is 7.05 Å². The van der Waals surface area contributed by atoms with E-state index < -0.39 is 21.8 Å². The summed E-state index contributed by atoms with van der Waals surface area (Å²) in [5.74, 6) is -0.624. The lowest BCUT2D eigenvalue weighted by molar-refractivity contribution is -0.121. The van der Waals surface area contributed by atoms with Crippen LogP contribution in [0, 0.1) is 0 Å². The van der Waals surface area contributed by atoms with Crippen LogP contribution >= 0.6 is 0 Å². The maximum absolute atomic E-state index is 13.0. The van der Waals surface area contributed by atoms with Crippen LogP contribution in [0.5, 0.6) is 5.75 Å². The zero-order chi connectivity index (χ0) is 24.3. The topological polar surface area (TPSA) is 134 Å². The summed E-state index contributed by atoms with van der Waals surface area (Å²) >= 11 is 0. The highest BCUT2D eigenvalue weighted by atomic mass is 32.2. The van der Waals surface area contributed by atoms with Gasteiger partial charge in [0.2, 0.25) is 15.9 Å². The average molecular weight is 486 g/mol. The van der Waals surface area contributed by atoms with Gasteiger partial charge in [-0.25, -0.2) is 13.4 Å². The number of aromatic hydroxyl groups is 1. The molecule has 0 radical (unpaired) electrons. The smallest absolute Gasteiger partial charge is 0.273 e. The number of aromatic nitrogens is 2. The predicted molar refractivity (Wildman–Crippen MR) is 125 cm³/mol. The van der Waals surface area contributed by atoms with E-state index in [0.29, 0.717) is 24.4 Å². The lowest BCUT2D eigenvalue weighted by Gasteiger charge is -2.25. The first-order valence-electron chi connectivity index (χ1n) is 11.1. The van der Waals surface area contributed by atoms with Gasteiger partial charge in [0.05, 0.1) is 21.5 Å². The molecular formula is C23H27N5O5S. The van der Waals surface area contributed by atoms with Crippen LogP contribution in [0.2, 0.25) is 0 Å². The Labute approximate surface area is 197 Å². The Morgan fingerprint density at radius 2 is 1.79 bits per heavy atom. The van der Waals surface area contributed by atoms with Crippen molar-refractivity contribution in [1.82, 2.24) is 24.7 Å². The second-order valence-corrected chi connectivity index (χ2v) is 10.2. The van der Waals surface area contributed by atoms with E-state index in [0.717, 1.165) is 24.8 Å². The summed E-state index contributed by atoms with van der Waals surface area (Å²) in [4.78, 5) is 29.1. The van der Waals surface area contributed by atoms with Gasteiger partial charge in [-0.15, -0.1) is 0 Å². The van der Waals surface area contributed by atoms with Gasteiger partial charge in [-0.3, -0.25) is 20.4 Å². The van der Waals surface area contributed by atoms with Crippen molar-refractivity contribution in [3.8, 4) is 5.75 Å². The molecule has 1 aliphatic rings. The Bertz CT molecular complexity index is 1330. The normalized spacial score (nSPS) is 14.7. The van der Waals surface area contributed by atoms with E-state index in [1.807, 2.05) is 4.57 Å². The predicted octanol–water partition coefficient (Wildman–Crippen LogP) is 1.85. The van der Waals surface area contributed by atoms with Crippen LogP contribution < -0.4 is 10.9 Å². The number of hydrogen-bond acceptors (Lipinski definition) is 6. The monoisotopic (exact) mass is 485 g/mol. The largest absolute Gasteiger partial charge is 0.507 e. The molecule has 0 saturated carbocycles. The number of phenolic OH excluding ortho intramolecular Hbond substituents is 1. The zero-order valence-electron chi connectivity index (χ0n) is 18.8. The van der Waals surface area contributed by atoms with Crippen molar-refractivity contribution >= 4 is 32.9 Å². The Hall–Kier alpha value is -3.44. The van der Waals surface area contributed by atoms with Gasteiger partial charge in [0.15, 0.2) is 0 Å². The average Bonchev–Trinajstić information content (AvgIpc) is 3.16. The molecule has 2 aromatic carbocycles. The number of piperidine rings is 1. The van der Waals surface area contributed by atoms with Gasteiger partial charge in [0, 0.05) is 33.0 Å². The number of para-hydroxylation sites is 1. The minimum Gasteiger partial charge on any atom is -0.507 e. The molecule has 0 unspecified atom stereocenters. The lowest BCUT2D eigenvalue weighted by atomic mass is 10.2. The van der Waals surface area contributed by atoms with Crippen molar-refractivity contribution < 1.29 is 23.1 Å². The molecule has 11 heteroatoms. The third-order valence-electron chi connectivity index (χ3n) is 5.94. The number of hydrogen-bond donors (Lipinski definition) is 3. The summed E-state index contributed by atoms with van der Waals surface area (Å²) in [6.07, 6.45) is 3.12. The van der Waals surface area contributed by atoms with E-state index >= 15 is 0 Å². The Balaban J connectivity index is 1.40. The van der Waals surface area contributed by atoms with Crippen LogP contribution in [0.15, 0.2) is 47.4 Å². The molecule has 0 spiro atoms. The minimum atomic E-state index is -3.56. The fourth-order valence-electron chi connectivity index (χ4n) is 4.02. The Morgan fingerprint density at radius 3 is 2.53 bits per heavy atom. The molecule has 0 aliphatic carbocycles. The van der Waals surface area contributed by atoms with E-state index in [2.05, 4.69) is 15.8 Å². The number of carbonyl (C=O) groups is 2. The molecule has 10 nitrogen and oxygen atoms in total. The van der Waals surface area contributed by atoms with Crippen LogP contribution in [0.25, 0.3) is 11.0 Å². The van der Waals surface area contributed by atoms with Gasteiger partial charge in [0.25, 0.3) is 5.91 Å². The third kappa shape index (κ3) is 4.90. The molecule has 0 bridgehead atoms.